The highest BCUT2D eigenvalue weighted by atomic mass is 19.1. The van der Waals surface area contributed by atoms with Crippen molar-refractivity contribution >= 4 is 5.69 Å². The van der Waals surface area contributed by atoms with Crippen LogP contribution in [0, 0.1) is 19.7 Å². The Morgan fingerprint density at radius 2 is 1.94 bits per heavy atom. The summed E-state index contributed by atoms with van der Waals surface area (Å²) in [5.41, 5.74) is 4.27. The molecule has 1 heterocycles. The van der Waals surface area contributed by atoms with E-state index >= 15 is 0 Å². The number of benzene rings is 1. The molecule has 2 nitrogen and oxygen atoms in total. The number of halogens is 1. The summed E-state index contributed by atoms with van der Waals surface area (Å²) in [6, 6.07) is 8.92. The van der Waals surface area contributed by atoms with Gasteiger partial charge in [-0.05, 0) is 44.5 Å². The van der Waals surface area contributed by atoms with Gasteiger partial charge in [0.05, 0.1) is 5.69 Å². The van der Waals surface area contributed by atoms with E-state index in [4.69, 9.17) is 0 Å². The van der Waals surface area contributed by atoms with Gasteiger partial charge in [-0.3, -0.25) is 0 Å². The molecule has 0 aliphatic rings. The van der Waals surface area contributed by atoms with Gasteiger partial charge in [0, 0.05) is 24.5 Å². The Balaban J connectivity index is 2.14. The molecule has 0 aliphatic carbocycles. The van der Waals surface area contributed by atoms with E-state index in [0.29, 0.717) is 12.2 Å². The smallest absolute Gasteiger partial charge is 0.146 e. The maximum atomic E-state index is 13.5. The molecule has 1 aromatic heterocycles. The molecule has 96 valence electrons. The number of para-hydroxylation sites is 1. The average molecular weight is 246 g/mol. The molecule has 0 radical (unpaired) electrons. The van der Waals surface area contributed by atoms with Gasteiger partial charge in [-0.1, -0.05) is 12.1 Å². The van der Waals surface area contributed by atoms with Crippen molar-refractivity contribution in [2.24, 2.45) is 0 Å². The summed E-state index contributed by atoms with van der Waals surface area (Å²) < 4.78 is 15.7. The molecule has 0 unspecified atom stereocenters. The summed E-state index contributed by atoms with van der Waals surface area (Å²) in [5.74, 6) is -0.207. The fraction of sp³-hybridized carbons (Fsp3) is 0.333. The molecular weight excluding hydrogens is 227 g/mol. The predicted octanol–water partition coefficient (Wildman–Crippen LogP) is 3.88. The number of anilines is 1. The molecule has 18 heavy (non-hydrogen) atoms. The van der Waals surface area contributed by atoms with Gasteiger partial charge in [0.25, 0.3) is 0 Å². The van der Waals surface area contributed by atoms with Crippen LogP contribution in [0.4, 0.5) is 10.1 Å². The van der Waals surface area contributed by atoms with Gasteiger partial charge in [-0.2, -0.15) is 0 Å². The zero-order valence-corrected chi connectivity index (χ0v) is 11.1. The second-order valence-corrected chi connectivity index (χ2v) is 4.47. The minimum absolute atomic E-state index is 0.207. The topological polar surface area (TPSA) is 17.0 Å². The van der Waals surface area contributed by atoms with Crippen LogP contribution < -0.4 is 5.32 Å². The van der Waals surface area contributed by atoms with Crippen molar-refractivity contribution in [3.05, 3.63) is 53.1 Å². The Kier molecular flexibility index (Phi) is 3.70. The standard InChI is InChI=1S/C15H19FN2/c1-4-18-11(2)9-13(12(18)3)10-17-15-8-6-5-7-14(15)16/h5-9,17H,4,10H2,1-3H3. The van der Waals surface area contributed by atoms with Gasteiger partial charge >= 0.3 is 0 Å². The molecule has 0 saturated heterocycles. The highest BCUT2D eigenvalue weighted by Gasteiger charge is 2.08. The first-order valence-corrected chi connectivity index (χ1v) is 6.27. The molecule has 0 spiro atoms. The van der Waals surface area contributed by atoms with Crippen molar-refractivity contribution in [3.8, 4) is 0 Å². The summed E-state index contributed by atoms with van der Waals surface area (Å²) in [6.07, 6.45) is 0. The van der Waals surface area contributed by atoms with E-state index in [2.05, 4.69) is 36.7 Å². The highest BCUT2D eigenvalue weighted by molar-refractivity contribution is 5.45. The summed E-state index contributed by atoms with van der Waals surface area (Å²) in [6.45, 7) is 7.96. The first-order chi connectivity index (χ1) is 8.63. The Hall–Kier alpha value is -1.77. The number of rotatable bonds is 4. The molecular formula is C15H19FN2. The van der Waals surface area contributed by atoms with Crippen molar-refractivity contribution in [2.45, 2.75) is 33.9 Å². The second kappa shape index (κ2) is 5.25. The van der Waals surface area contributed by atoms with Crippen molar-refractivity contribution < 1.29 is 4.39 Å². The van der Waals surface area contributed by atoms with E-state index in [9.17, 15) is 4.39 Å². The summed E-state index contributed by atoms with van der Waals surface area (Å²) >= 11 is 0. The lowest BCUT2D eigenvalue weighted by Crippen LogP contribution is -2.04. The number of aryl methyl sites for hydroxylation is 1. The van der Waals surface area contributed by atoms with Gasteiger partial charge < -0.3 is 9.88 Å². The quantitative estimate of drug-likeness (QED) is 0.866. The van der Waals surface area contributed by atoms with Crippen molar-refractivity contribution in [3.63, 3.8) is 0 Å². The van der Waals surface area contributed by atoms with Crippen LogP contribution >= 0.6 is 0 Å². The predicted molar refractivity (Wildman–Crippen MR) is 73.3 cm³/mol. The molecule has 0 bridgehead atoms. The lowest BCUT2D eigenvalue weighted by atomic mass is 10.2. The van der Waals surface area contributed by atoms with Crippen molar-refractivity contribution in [1.82, 2.24) is 4.57 Å². The normalized spacial score (nSPS) is 10.7. The van der Waals surface area contributed by atoms with Gasteiger partial charge in [-0.25, -0.2) is 4.39 Å². The molecule has 2 aromatic rings. The van der Waals surface area contributed by atoms with E-state index in [1.54, 1.807) is 12.1 Å². The molecule has 0 atom stereocenters. The molecule has 0 saturated carbocycles. The van der Waals surface area contributed by atoms with E-state index in [0.717, 1.165) is 6.54 Å². The largest absolute Gasteiger partial charge is 0.379 e. The van der Waals surface area contributed by atoms with Crippen LogP contribution in [-0.2, 0) is 13.1 Å². The maximum absolute atomic E-state index is 13.5. The fourth-order valence-electron chi connectivity index (χ4n) is 2.33. The zero-order valence-electron chi connectivity index (χ0n) is 11.1. The average Bonchev–Trinajstić information content (AvgIpc) is 2.63. The van der Waals surface area contributed by atoms with Gasteiger partial charge in [0.2, 0.25) is 0 Å². The number of nitrogens with zero attached hydrogens (tertiary/aromatic N) is 1. The first-order valence-electron chi connectivity index (χ1n) is 6.27. The molecule has 0 fully saturated rings. The lowest BCUT2D eigenvalue weighted by molar-refractivity contribution is 0.630. The van der Waals surface area contributed by atoms with Crippen LogP contribution in [-0.4, -0.2) is 4.57 Å². The SMILES string of the molecule is CCn1c(C)cc(CNc2ccccc2F)c1C. The molecule has 0 aliphatic heterocycles. The number of hydrogen-bond acceptors (Lipinski definition) is 1. The fourth-order valence-corrected chi connectivity index (χ4v) is 2.33. The zero-order chi connectivity index (χ0) is 13.1. The van der Waals surface area contributed by atoms with E-state index in [1.165, 1.54) is 23.0 Å². The third-order valence-corrected chi connectivity index (χ3v) is 3.34. The van der Waals surface area contributed by atoms with Gasteiger partial charge in [-0.15, -0.1) is 0 Å². The van der Waals surface area contributed by atoms with Gasteiger partial charge in [0.1, 0.15) is 5.82 Å². The third-order valence-electron chi connectivity index (χ3n) is 3.34. The van der Waals surface area contributed by atoms with Crippen LogP contribution in [0.25, 0.3) is 0 Å². The Morgan fingerprint density at radius 1 is 1.22 bits per heavy atom. The first kappa shape index (κ1) is 12.7. The van der Waals surface area contributed by atoms with Gasteiger partial charge in [0.15, 0.2) is 0 Å². The van der Waals surface area contributed by atoms with Crippen LogP contribution in [0.2, 0.25) is 0 Å². The molecule has 2 rings (SSSR count). The minimum Gasteiger partial charge on any atom is -0.379 e. The summed E-state index contributed by atoms with van der Waals surface area (Å²) in [7, 11) is 0. The Labute approximate surface area is 107 Å². The monoisotopic (exact) mass is 246 g/mol. The molecule has 0 amide bonds. The van der Waals surface area contributed by atoms with E-state index in [-0.39, 0.29) is 5.82 Å². The third kappa shape index (κ3) is 2.40. The molecule has 1 aromatic carbocycles. The highest BCUT2D eigenvalue weighted by Crippen LogP contribution is 2.18. The van der Waals surface area contributed by atoms with Crippen molar-refractivity contribution in [2.75, 3.05) is 5.32 Å². The molecule has 3 heteroatoms. The number of nitrogens with one attached hydrogen (secondary N) is 1. The van der Waals surface area contributed by atoms with Crippen LogP contribution in [0.15, 0.2) is 30.3 Å². The summed E-state index contributed by atoms with van der Waals surface area (Å²) in [5, 5.41) is 3.15. The van der Waals surface area contributed by atoms with Crippen LogP contribution in [0.3, 0.4) is 0 Å². The molecule has 1 N–H and O–H groups in total. The summed E-state index contributed by atoms with van der Waals surface area (Å²) in [4.78, 5) is 0. The van der Waals surface area contributed by atoms with Crippen molar-refractivity contribution in [1.29, 1.82) is 0 Å². The van der Waals surface area contributed by atoms with Crippen LogP contribution in [0.1, 0.15) is 23.9 Å². The lowest BCUT2D eigenvalue weighted by Gasteiger charge is -2.08. The van der Waals surface area contributed by atoms with E-state index < -0.39 is 0 Å². The maximum Gasteiger partial charge on any atom is 0.146 e. The van der Waals surface area contributed by atoms with Crippen LogP contribution in [0.5, 0.6) is 0 Å². The minimum atomic E-state index is -0.207. The Bertz CT molecular complexity index is 543. The second-order valence-electron chi connectivity index (χ2n) is 4.47. The Morgan fingerprint density at radius 3 is 2.56 bits per heavy atom. The van der Waals surface area contributed by atoms with E-state index in [1.807, 2.05) is 6.07 Å². The number of aromatic nitrogens is 1. The number of hydrogen-bond donors (Lipinski definition) is 1.